The zero-order valence-electron chi connectivity index (χ0n) is 9.70. The Kier molecular flexibility index (Phi) is 5.86. The van der Waals surface area contributed by atoms with Gasteiger partial charge in [0.25, 0.3) is 6.43 Å². The van der Waals surface area contributed by atoms with E-state index in [9.17, 15) is 8.78 Å². The summed E-state index contributed by atoms with van der Waals surface area (Å²) in [7, 11) is 1.60. The topological polar surface area (TPSA) is 41.5 Å². The predicted molar refractivity (Wildman–Crippen MR) is 61.6 cm³/mol. The van der Waals surface area contributed by atoms with Crippen molar-refractivity contribution in [3.63, 3.8) is 0 Å². The fraction of sp³-hybridized carbons (Fsp3) is 0.500. The standard InChI is InChI=1S/C12H17F2NO2/c1-17-10-4-2-9(3-5-10)6-7-15-8-11(16)12(13)14/h2-5,11-12,15-16H,6-8H2,1H3. The highest BCUT2D eigenvalue weighted by atomic mass is 19.3. The summed E-state index contributed by atoms with van der Waals surface area (Å²) in [6, 6.07) is 7.54. The third-order valence-electron chi connectivity index (χ3n) is 2.39. The minimum atomic E-state index is -2.69. The van der Waals surface area contributed by atoms with Crippen LogP contribution < -0.4 is 10.1 Å². The van der Waals surface area contributed by atoms with Gasteiger partial charge in [0, 0.05) is 6.54 Å². The van der Waals surface area contributed by atoms with Gasteiger partial charge < -0.3 is 15.2 Å². The van der Waals surface area contributed by atoms with E-state index in [1.54, 1.807) is 7.11 Å². The smallest absolute Gasteiger partial charge is 0.265 e. The summed E-state index contributed by atoms with van der Waals surface area (Å²) >= 11 is 0. The number of hydrogen-bond acceptors (Lipinski definition) is 3. The largest absolute Gasteiger partial charge is 0.497 e. The van der Waals surface area contributed by atoms with E-state index in [4.69, 9.17) is 9.84 Å². The molecule has 0 fully saturated rings. The van der Waals surface area contributed by atoms with Crippen molar-refractivity contribution >= 4 is 0 Å². The van der Waals surface area contributed by atoms with E-state index in [1.165, 1.54) is 0 Å². The van der Waals surface area contributed by atoms with Crippen LogP contribution in [0.25, 0.3) is 0 Å². The predicted octanol–water partition coefficient (Wildman–Crippen LogP) is 1.45. The van der Waals surface area contributed by atoms with Crippen LogP contribution in [0.2, 0.25) is 0 Å². The van der Waals surface area contributed by atoms with Gasteiger partial charge in [0.1, 0.15) is 11.9 Å². The lowest BCUT2D eigenvalue weighted by molar-refractivity contribution is -0.00309. The van der Waals surface area contributed by atoms with Gasteiger partial charge in [-0.25, -0.2) is 8.78 Å². The lowest BCUT2D eigenvalue weighted by Crippen LogP contribution is -2.33. The molecule has 1 aromatic rings. The SMILES string of the molecule is COc1ccc(CCNCC(O)C(F)F)cc1. The number of rotatable bonds is 7. The number of benzene rings is 1. The third-order valence-corrected chi connectivity index (χ3v) is 2.39. The minimum Gasteiger partial charge on any atom is -0.497 e. The van der Waals surface area contributed by atoms with E-state index in [0.717, 1.165) is 17.7 Å². The highest BCUT2D eigenvalue weighted by Gasteiger charge is 2.15. The number of halogens is 2. The van der Waals surface area contributed by atoms with Crippen molar-refractivity contribution in [2.45, 2.75) is 19.0 Å². The monoisotopic (exact) mass is 245 g/mol. The Hall–Kier alpha value is -1.20. The molecule has 0 aromatic heterocycles. The molecule has 1 unspecified atom stereocenters. The molecule has 0 aliphatic rings. The summed E-state index contributed by atoms with van der Waals surface area (Å²) in [5.41, 5.74) is 1.09. The van der Waals surface area contributed by atoms with Gasteiger partial charge in [-0.1, -0.05) is 12.1 Å². The number of ether oxygens (including phenoxy) is 1. The van der Waals surface area contributed by atoms with Crippen LogP contribution in [0.1, 0.15) is 5.56 Å². The van der Waals surface area contributed by atoms with Crippen LogP contribution in [0, 0.1) is 0 Å². The lowest BCUT2D eigenvalue weighted by atomic mass is 10.1. The van der Waals surface area contributed by atoms with Gasteiger partial charge in [0.05, 0.1) is 7.11 Å². The normalized spacial score (nSPS) is 12.8. The molecule has 2 N–H and O–H groups in total. The fourth-order valence-corrected chi connectivity index (χ4v) is 1.36. The van der Waals surface area contributed by atoms with Crippen molar-refractivity contribution in [2.75, 3.05) is 20.2 Å². The molecule has 3 nitrogen and oxygen atoms in total. The minimum absolute atomic E-state index is 0.0895. The van der Waals surface area contributed by atoms with E-state index in [0.29, 0.717) is 6.54 Å². The first-order valence-corrected chi connectivity index (χ1v) is 5.43. The number of nitrogens with one attached hydrogen (secondary N) is 1. The van der Waals surface area contributed by atoms with E-state index >= 15 is 0 Å². The number of alkyl halides is 2. The highest BCUT2D eigenvalue weighted by molar-refractivity contribution is 5.27. The third kappa shape index (κ3) is 5.10. The molecule has 0 heterocycles. The molecule has 0 aliphatic heterocycles. The van der Waals surface area contributed by atoms with Crippen LogP contribution >= 0.6 is 0 Å². The van der Waals surface area contributed by atoms with Gasteiger partial charge >= 0.3 is 0 Å². The van der Waals surface area contributed by atoms with E-state index in [2.05, 4.69) is 5.32 Å². The zero-order chi connectivity index (χ0) is 12.7. The molecule has 1 atom stereocenters. The van der Waals surface area contributed by atoms with E-state index in [1.807, 2.05) is 24.3 Å². The number of aliphatic hydroxyl groups excluding tert-OH is 1. The van der Waals surface area contributed by atoms with Crippen LogP contribution in [0.3, 0.4) is 0 Å². The maximum Gasteiger partial charge on any atom is 0.265 e. The van der Waals surface area contributed by atoms with Crippen molar-refractivity contribution in [1.29, 1.82) is 0 Å². The summed E-state index contributed by atoms with van der Waals surface area (Å²) in [6.07, 6.45) is -3.56. The molecule has 1 aromatic carbocycles. The van der Waals surface area contributed by atoms with E-state index < -0.39 is 12.5 Å². The first kappa shape index (κ1) is 13.9. The van der Waals surface area contributed by atoms with Crippen molar-refractivity contribution in [3.05, 3.63) is 29.8 Å². The first-order valence-electron chi connectivity index (χ1n) is 5.43. The van der Waals surface area contributed by atoms with Gasteiger partial charge in [0.15, 0.2) is 0 Å². The van der Waals surface area contributed by atoms with Gasteiger partial charge in [-0.05, 0) is 30.7 Å². The molecule has 0 aliphatic carbocycles. The second-order valence-corrected chi connectivity index (χ2v) is 3.70. The summed E-state index contributed by atoms with van der Waals surface area (Å²) in [5, 5.41) is 11.6. The summed E-state index contributed by atoms with van der Waals surface area (Å²) in [4.78, 5) is 0. The van der Waals surface area contributed by atoms with Crippen molar-refractivity contribution < 1.29 is 18.6 Å². The molecule has 0 amide bonds. The Balaban J connectivity index is 2.22. The van der Waals surface area contributed by atoms with E-state index in [-0.39, 0.29) is 6.54 Å². The van der Waals surface area contributed by atoms with Crippen LogP contribution in [0.4, 0.5) is 8.78 Å². The Morgan fingerprint density at radius 1 is 1.29 bits per heavy atom. The summed E-state index contributed by atoms with van der Waals surface area (Å²) in [5.74, 6) is 0.787. The average Bonchev–Trinajstić information content (AvgIpc) is 2.35. The molecule has 17 heavy (non-hydrogen) atoms. The molecule has 1 rings (SSSR count). The van der Waals surface area contributed by atoms with Crippen molar-refractivity contribution in [2.24, 2.45) is 0 Å². The van der Waals surface area contributed by atoms with Crippen LogP contribution in [0.15, 0.2) is 24.3 Å². The van der Waals surface area contributed by atoms with Crippen molar-refractivity contribution in [1.82, 2.24) is 5.32 Å². The Morgan fingerprint density at radius 3 is 2.47 bits per heavy atom. The number of hydrogen-bond donors (Lipinski definition) is 2. The molecule has 0 bridgehead atoms. The number of methoxy groups -OCH3 is 1. The number of aliphatic hydroxyl groups is 1. The van der Waals surface area contributed by atoms with Crippen LogP contribution in [-0.4, -0.2) is 37.8 Å². The quantitative estimate of drug-likeness (QED) is 0.714. The average molecular weight is 245 g/mol. The molecule has 0 saturated heterocycles. The second kappa shape index (κ2) is 7.19. The van der Waals surface area contributed by atoms with Crippen LogP contribution in [-0.2, 0) is 6.42 Å². The fourth-order valence-electron chi connectivity index (χ4n) is 1.36. The van der Waals surface area contributed by atoms with Gasteiger partial charge in [-0.3, -0.25) is 0 Å². The molecule has 0 spiro atoms. The van der Waals surface area contributed by atoms with Gasteiger partial charge in [-0.2, -0.15) is 0 Å². The lowest BCUT2D eigenvalue weighted by Gasteiger charge is -2.10. The molecule has 0 radical (unpaired) electrons. The molecular formula is C12H17F2NO2. The Labute approximate surface area is 99.4 Å². The van der Waals surface area contributed by atoms with Crippen molar-refractivity contribution in [3.8, 4) is 5.75 Å². The molecule has 96 valence electrons. The van der Waals surface area contributed by atoms with Crippen LogP contribution in [0.5, 0.6) is 5.75 Å². The maximum atomic E-state index is 12.0. The highest BCUT2D eigenvalue weighted by Crippen LogP contribution is 2.11. The van der Waals surface area contributed by atoms with Gasteiger partial charge in [0.2, 0.25) is 0 Å². The summed E-state index contributed by atoms with van der Waals surface area (Å²) < 4.78 is 28.9. The Morgan fingerprint density at radius 2 is 1.94 bits per heavy atom. The summed E-state index contributed by atoms with van der Waals surface area (Å²) in [6.45, 7) is 0.462. The molecule has 0 saturated carbocycles. The zero-order valence-corrected chi connectivity index (χ0v) is 9.70. The Bertz CT molecular complexity index is 317. The maximum absolute atomic E-state index is 12.0. The molecular weight excluding hydrogens is 228 g/mol. The van der Waals surface area contributed by atoms with Gasteiger partial charge in [-0.15, -0.1) is 0 Å². The molecule has 5 heteroatoms. The first-order chi connectivity index (χ1) is 8.13. The second-order valence-electron chi connectivity index (χ2n) is 3.70.